The molecule has 0 aliphatic heterocycles. The lowest BCUT2D eigenvalue weighted by molar-refractivity contribution is -0.166. The van der Waals surface area contributed by atoms with Gasteiger partial charge in [-0.1, -0.05) is 0 Å². The average Bonchev–Trinajstić information content (AvgIpc) is 1.82. The molecule has 0 bridgehead atoms. The Morgan fingerprint density at radius 3 is 2.00 bits per heavy atom. The van der Waals surface area contributed by atoms with Crippen LogP contribution in [0.15, 0.2) is 0 Å². The first-order valence-corrected chi connectivity index (χ1v) is 4.36. The topological polar surface area (TPSA) is 43.4 Å². The Morgan fingerprint density at radius 2 is 1.69 bits per heavy atom. The predicted molar refractivity (Wildman–Crippen MR) is 50.3 cm³/mol. The first-order valence-electron chi connectivity index (χ1n) is 4.36. The lowest BCUT2D eigenvalue weighted by Crippen LogP contribution is -2.34. The third-order valence-corrected chi connectivity index (χ3v) is 1.55. The highest BCUT2D eigenvalue weighted by Gasteiger charge is 2.31. The van der Waals surface area contributed by atoms with Gasteiger partial charge in [0.1, 0.15) is 11.9 Å². The molecule has 0 fully saturated rings. The van der Waals surface area contributed by atoms with Gasteiger partial charge in [-0.05, 0) is 34.6 Å². The van der Waals surface area contributed by atoms with E-state index in [4.69, 9.17) is 4.74 Å². The molecule has 0 atom stereocenters. The molecule has 0 N–H and O–H groups in total. The van der Waals surface area contributed by atoms with E-state index in [2.05, 4.69) is 0 Å². The molecule has 0 spiro atoms. The highest BCUT2D eigenvalue weighted by molar-refractivity contribution is 5.79. The van der Waals surface area contributed by atoms with Crippen LogP contribution in [0.3, 0.4) is 0 Å². The van der Waals surface area contributed by atoms with Gasteiger partial charge in [0, 0.05) is 6.42 Å². The highest BCUT2D eigenvalue weighted by atomic mass is 16.6. The quantitative estimate of drug-likeness (QED) is 0.499. The fourth-order valence-electron chi connectivity index (χ4n) is 0.708. The molecule has 0 unspecified atom stereocenters. The van der Waals surface area contributed by atoms with Crippen LogP contribution in [0, 0.1) is 5.41 Å². The van der Waals surface area contributed by atoms with Crippen LogP contribution in [-0.4, -0.2) is 17.9 Å². The molecule has 0 aromatic carbocycles. The Hall–Kier alpha value is -0.860. The molecule has 0 amide bonds. The zero-order valence-corrected chi connectivity index (χ0v) is 9.01. The second-order valence-electron chi connectivity index (χ2n) is 4.76. The fourth-order valence-corrected chi connectivity index (χ4v) is 0.708. The SMILES string of the molecule is CC(C)(C)OC(=O)C(C)(C)CC=O. The maximum absolute atomic E-state index is 11.5. The number of hydrogen-bond donors (Lipinski definition) is 0. The number of rotatable bonds is 3. The molecule has 13 heavy (non-hydrogen) atoms. The molecule has 76 valence electrons. The minimum Gasteiger partial charge on any atom is -0.460 e. The summed E-state index contributed by atoms with van der Waals surface area (Å²) in [6.07, 6.45) is 0.936. The largest absolute Gasteiger partial charge is 0.460 e. The molecule has 0 aromatic heterocycles. The van der Waals surface area contributed by atoms with Crippen molar-refractivity contribution < 1.29 is 14.3 Å². The van der Waals surface area contributed by atoms with Crippen LogP contribution in [0.25, 0.3) is 0 Å². The summed E-state index contributed by atoms with van der Waals surface area (Å²) in [4.78, 5) is 21.8. The molecule has 0 aromatic rings. The Labute approximate surface area is 79.5 Å². The summed E-state index contributed by atoms with van der Waals surface area (Å²) in [7, 11) is 0. The van der Waals surface area contributed by atoms with Gasteiger partial charge in [0.05, 0.1) is 5.41 Å². The minimum atomic E-state index is -0.713. The lowest BCUT2D eigenvalue weighted by atomic mass is 9.90. The number of carbonyl (C=O) groups excluding carboxylic acids is 2. The van der Waals surface area contributed by atoms with E-state index in [0.29, 0.717) is 0 Å². The minimum absolute atomic E-state index is 0.196. The van der Waals surface area contributed by atoms with Crippen LogP contribution in [-0.2, 0) is 14.3 Å². The number of carbonyl (C=O) groups is 2. The van der Waals surface area contributed by atoms with E-state index < -0.39 is 11.0 Å². The summed E-state index contributed by atoms with van der Waals surface area (Å²) in [6.45, 7) is 8.83. The lowest BCUT2D eigenvalue weighted by Gasteiger charge is -2.26. The monoisotopic (exact) mass is 186 g/mol. The van der Waals surface area contributed by atoms with Gasteiger partial charge in [-0.2, -0.15) is 0 Å². The van der Waals surface area contributed by atoms with Gasteiger partial charge >= 0.3 is 5.97 Å². The molecule has 0 saturated carbocycles. The molecule has 0 heterocycles. The Balaban J connectivity index is 4.33. The normalized spacial score (nSPS) is 12.4. The predicted octanol–water partition coefficient (Wildman–Crippen LogP) is 1.94. The molecule has 3 nitrogen and oxygen atoms in total. The van der Waals surface area contributed by atoms with Crippen molar-refractivity contribution in [1.82, 2.24) is 0 Å². The number of aldehydes is 1. The average molecular weight is 186 g/mol. The third kappa shape index (κ3) is 4.65. The van der Waals surface area contributed by atoms with Crippen molar-refractivity contribution in [2.24, 2.45) is 5.41 Å². The second kappa shape index (κ2) is 3.90. The second-order valence-corrected chi connectivity index (χ2v) is 4.76. The Bertz CT molecular complexity index is 199. The van der Waals surface area contributed by atoms with Gasteiger partial charge in [0.15, 0.2) is 0 Å². The number of esters is 1. The van der Waals surface area contributed by atoms with Gasteiger partial charge in [-0.3, -0.25) is 4.79 Å². The van der Waals surface area contributed by atoms with Crippen LogP contribution in [0.5, 0.6) is 0 Å². The van der Waals surface area contributed by atoms with Crippen molar-refractivity contribution in [3.63, 3.8) is 0 Å². The zero-order valence-electron chi connectivity index (χ0n) is 9.01. The maximum Gasteiger partial charge on any atom is 0.312 e. The van der Waals surface area contributed by atoms with Crippen molar-refractivity contribution in [3.05, 3.63) is 0 Å². The van der Waals surface area contributed by atoms with E-state index in [-0.39, 0.29) is 12.4 Å². The van der Waals surface area contributed by atoms with Gasteiger partial charge in [-0.15, -0.1) is 0 Å². The molecule has 0 aliphatic carbocycles. The molecule has 3 heteroatoms. The standard InChI is InChI=1S/C10H18O3/c1-9(2,3)13-8(12)10(4,5)6-7-11/h7H,6H2,1-5H3. The molecular weight excluding hydrogens is 168 g/mol. The van der Waals surface area contributed by atoms with Gasteiger partial charge in [0.25, 0.3) is 0 Å². The van der Waals surface area contributed by atoms with Crippen molar-refractivity contribution in [2.45, 2.75) is 46.6 Å². The zero-order chi connectivity index (χ0) is 10.7. The van der Waals surface area contributed by atoms with Gasteiger partial charge < -0.3 is 9.53 Å². The maximum atomic E-state index is 11.5. The van der Waals surface area contributed by atoms with Crippen LogP contribution in [0.4, 0.5) is 0 Å². The van der Waals surface area contributed by atoms with Crippen LogP contribution >= 0.6 is 0 Å². The summed E-state index contributed by atoms with van der Waals surface area (Å²) >= 11 is 0. The summed E-state index contributed by atoms with van der Waals surface area (Å²) in [5.74, 6) is -0.327. The van der Waals surface area contributed by atoms with Crippen LogP contribution in [0.1, 0.15) is 41.0 Å². The molecule has 0 aliphatic rings. The van der Waals surface area contributed by atoms with Gasteiger partial charge in [-0.25, -0.2) is 0 Å². The van der Waals surface area contributed by atoms with E-state index in [1.165, 1.54) is 0 Å². The first kappa shape index (κ1) is 12.1. The Morgan fingerprint density at radius 1 is 1.23 bits per heavy atom. The van der Waals surface area contributed by atoms with E-state index >= 15 is 0 Å². The van der Waals surface area contributed by atoms with E-state index in [1.54, 1.807) is 13.8 Å². The fraction of sp³-hybridized carbons (Fsp3) is 0.800. The smallest absolute Gasteiger partial charge is 0.312 e. The summed E-state index contributed by atoms with van der Waals surface area (Å²) in [5, 5.41) is 0. The molecular formula is C10H18O3. The first-order chi connectivity index (χ1) is 5.69. The number of hydrogen-bond acceptors (Lipinski definition) is 3. The third-order valence-electron chi connectivity index (χ3n) is 1.55. The van der Waals surface area contributed by atoms with Crippen molar-refractivity contribution >= 4 is 12.3 Å². The highest BCUT2D eigenvalue weighted by Crippen LogP contribution is 2.23. The van der Waals surface area contributed by atoms with Gasteiger partial charge in [0.2, 0.25) is 0 Å². The van der Waals surface area contributed by atoms with E-state index in [1.807, 2.05) is 20.8 Å². The number of ether oxygens (including phenoxy) is 1. The van der Waals surface area contributed by atoms with Crippen molar-refractivity contribution in [2.75, 3.05) is 0 Å². The van der Waals surface area contributed by atoms with Crippen LogP contribution in [0.2, 0.25) is 0 Å². The molecule has 0 rings (SSSR count). The molecule has 0 radical (unpaired) electrons. The summed E-state index contributed by atoms with van der Waals surface area (Å²) in [6, 6.07) is 0. The van der Waals surface area contributed by atoms with E-state index in [9.17, 15) is 9.59 Å². The van der Waals surface area contributed by atoms with Crippen molar-refractivity contribution in [3.8, 4) is 0 Å². The van der Waals surface area contributed by atoms with Crippen molar-refractivity contribution in [1.29, 1.82) is 0 Å². The summed E-state index contributed by atoms with van der Waals surface area (Å²) in [5.41, 5.74) is -1.20. The molecule has 0 saturated heterocycles. The Kier molecular flexibility index (Phi) is 3.64. The van der Waals surface area contributed by atoms with E-state index in [0.717, 1.165) is 6.29 Å². The summed E-state index contributed by atoms with van der Waals surface area (Å²) < 4.78 is 5.16. The van der Waals surface area contributed by atoms with Crippen LogP contribution < -0.4 is 0 Å².